The Morgan fingerprint density at radius 3 is 2.73 bits per heavy atom. The predicted octanol–water partition coefficient (Wildman–Crippen LogP) is 1.37. The number of aromatic nitrogens is 2. The van der Waals surface area contributed by atoms with Crippen LogP contribution in [0.2, 0.25) is 4.47 Å². The summed E-state index contributed by atoms with van der Waals surface area (Å²) >= 11 is 6.56. The molecule has 0 aliphatic heterocycles. The van der Waals surface area contributed by atoms with E-state index in [2.05, 4.69) is 21.6 Å². The highest BCUT2D eigenvalue weighted by molar-refractivity contribution is 7.17. The number of carbonyl (C=O) groups excluding carboxylic acids is 1. The zero-order valence-electron chi connectivity index (χ0n) is 7.66. The average molecular weight is 243 g/mol. The number of nitrogens with zero attached hydrogens (tertiary/aromatic N) is 3. The number of rotatable bonds is 2. The van der Waals surface area contributed by atoms with Crippen molar-refractivity contribution >= 4 is 28.8 Å². The van der Waals surface area contributed by atoms with Crippen molar-refractivity contribution in [2.45, 2.75) is 24.8 Å². The number of carbonyl (C=O) groups is 1. The molecule has 1 aromatic rings. The van der Waals surface area contributed by atoms with Gasteiger partial charge >= 0.3 is 0 Å². The van der Waals surface area contributed by atoms with Gasteiger partial charge in [-0.1, -0.05) is 11.3 Å². The molecule has 1 aliphatic carbocycles. The summed E-state index contributed by atoms with van der Waals surface area (Å²) in [5.41, 5.74) is -0.699. The van der Waals surface area contributed by atoms with E-state index in [-0.39, 0.29) is 15.4 Å². The predicted molar refractivity (Wildman–Crippen MR) is 54.6 cm³/mol. The Bertz CT molecular complexity index is 434. The van der Waals surface area contributed by atoms with Gasteiger partial charge in [0.05, 0.1) is 6.07 Å². The van der Waals surface area contributed by atoms with E-state index < -0.39 is 5.54 Å². The molecule has 0 radical (unpaired) electrons. The van der Waals surface area contributed by atoms with E-state index in [0.29, 0.717) is 12.8 Å². The van der Waals surface area contributed by atoms with E-state index in [1.807, 2.05) is 0 Å². The lowest BCUT2D eigenvalue weighted by atomic mass is 9.78. The summed E-state index contributed by atoms with van der Waals surface area (Å²) < 4.78 is 0.222. The summed E-state index contributed by atoms with van der Waals surface area (Å²) in [7, 11) is 0. The van der Waals surface area contributed by atoms with Crippen molar-refractivity contribution in [2.75, 3.05) is 0 Å². The van der Waals surface area contributed by atoms with Crippen LogP contribution in [0.15, 0.2) is 0 Å². The van der Waals surface area contributed by atoms with E-state index in [0.717, 1.165) is 17.8 Å². The molecule has 0 aromatic carbocycles. The van der Waals surface area contributed by atoms with Crippen molar-refractivity contribution in [1.29, 1.82) is 5.26 Å². The van der Waals surface area contributed by atoms with Crippen molar-refractivity contribution in [1.82, 2.24) is 15.5 Å². The Balaban J connectivity index is 2.07. The molecule has 15 heavy (non-hydrogen) atoms. The van der Waals surface area contributed by atoms with Crippen molar-refractivity contribution in [3.8, 4) is 6.07 Å². The highest BCUT2D eigenvalue weighted by atomic mass is 35.5. The minimum absolute atomic E-state index is 0.196. The van der Waals surface area contributed by atoms with E-state index in [1.54, 1.807) is 0 Å². The third-order valence-corrected chi connectivity index (χ3v) is 3.39. The Hall–Kier alpha value is -1.19. The first kappa shape index (κ1) is 10.3. The summed E-state index contributed by atoms with van der Waals surface area (Å²) in [6, 6.07) is 2.11. The third-order valence-electron chi connectivity index (χ3n) is 2.37. The molecular weight excluding hydrogens is 236 g/mol. The first-order valence-corrected chi connectivity index (χ1v) is 5.57. The summed E-state index contributed by atoms with van der Waals surface area (Å²) in [6.45, 7) is 0. The zero-order chi connectivity index (χ0) is 10.9. The number of nitriles is 1. The third kappa shape index (κ3) is 1.94. The Morgan fingerprint density at radius 2 is 2.33 bits per heavy atom. The smallest absolute Gasteiger partial charge is 0.283 e. The van der Waals surface area contributed by atoms with Gasteiger partial charge in [-0.2, -0.15) is 5.26 Å². The lowest BCUT2D eigenvalue weighted by molar-refractivity contribution is 0.0880. The van der Waals surface area contributed by atoms with Gasteiger partial charge in [-0.05, 0) is 30.9 Å². The molecule has 1 heterocycles. The van der Waals surface area contributed by atoms with Crippen LogP contribution < -0.4 is 5.32 Å². The van der Waals surface area contributed by atoms with Crippen molar-refractivity contribution in [3.63, 3.8) is 0 Å². The van der Waals surface area contributed by atoms with E-state index >= 15 is 0 Å². The summed E-state index contributed by atoms with van der Waals surface area (Å²) in [5, 5.41) is 18.9. The van der Waals surface area contributed by atoms with Crippen LogP contribution in [0.25, 0.3) is 0 Å². The fourth-order valence-electron chi connectivity index (χ4n) is 1.36. The first-order chi connectivity index (χ1) is 7.15. The number of halogens is 1. The Morgan fingerprint density at radius 1 is 1.60 bits per heavy atom. The van der Waals surface area contributed by atoms with E-state index in [4.69, 9.17) is 16.9 Å². The van der Waals surface area contributed by atoms with E-state index in [9.17, 15) is 4.79 Å². The van der Waals surface area contributed by atoms with Crippen molar-refractivity contribution in [2.24, 2.45) is 0 Å². The highest BCUT2D eigenvalue weighted by Gasteiger charge is 2.39. The molecule has 7 heteroatoms. The first-order valence-electron chi connectivity index (χ1n) is 4.38. The minimum Gasteiger partial charge on any atom is -0.332 e. The molecule has 0 unspecified atom stereocenters. The maximum atomic E-state index is 11.6. The lowest BCUT2D eigenvalue weighted by Crippen LogP contribution is -2.52. The standard InChI is InChI=1S/C8H7ClN4OS/c9-7-13-12-6(15-7)5(14)11-8(4-10)2-1-3-8/h1-3H2,(H,11,14). The fraction of sp³-hybridized carbons (Fsp3) is 0.500. The molecule has 5 nitrogen and oxygen atoms in total. The van der Waals surface area contributed by atoms with Crippen LogP contribution in [0.1, 0.15) is 29.1 Å². The van der Waals surface area contributed by atoms with Gasteiger partial charge in [0, 0.05) is 0 Å². The molecule has 2 rings (SSSR count). The second kappa shape index (κ2) is 3.76. The molecule has 1 aliphatic rings. The molecule has 0 atom stereocenters. The van der Waals surface area contributed by atoms with E-state index in [1.165, 1.54) is 0 Å². The number of amides is 1. The topological polar surface area (TPSA) is 78.7 Å². The van der Waals surface area contributed by atoms with Gasteiger partial charge in [-0.3, -0.25) is 4.79 Å². The Kier molecular flexibility index (Phi) is 2.59. The lowest BCUT2D eigenvalue weighted by Gasteiger charge is -2.35. The van der Waals surface area contributed by atoms with Gasteiger partial charge < -0.3 is 5.32 Å². The van der Waals surface area contributed by atoms with Crippen molar-refractivity contribution in [3.05, 3.63) is 9.47 Å². The van der Waals surface area contributed by atoms with Gasteiger partial charge in [0.2, 0.25) is 9.47 Å². The van der Waals surface area contributed by atoms with Gasteiger partial charge in [0.25, 0.3) is 5.91 Å². The largest absolute Gasteiger partial charge is 0.332 e. The molecule has 0 saturated heterocycles. The molecule has 1 fully saturated rings. The van der Waals surface area contributed by atoms with Crippen LogP contribution in [-0.2, 0) is 0 Å². The Labute approximate surface area is 95.1 Å². The maximum Gasteiger partial charge on any atom is 0.283 e. The fourth-order valence-corrected chi connectivity index (χ4v) is 2.09. The molecular formula is C8H7ClN4OS. The summed E-state index contributed by atoms with van der Waals surface area (Å²) in [6.07, 6.45) is 2.36. The maximum absolute atomic E-state index is 11.6. The van der Waals surface area contributed by atoms with Gasteiger partial charge in [0.15, 0.2) is 0 Å². The van der Waals surface area contributed by atoms with Gasteiger partial charge in [-0.25, -0.2) is 0 Å². The number of hydrogen-bond acceptors (Lipinski definition) is 5. The van der Waals surface area contributed by atoms with Crippen LogP contribution >= 0.6 is 22.9 Å². The minimum atomic E-state index is -0.699. The van der Waals surface area contributed by atoms with Gasteiger partial charge in [-0.15, -0.1) is 10.2 Å². The SMILES string of the molecule is N#CC1(NC(=O)c2nnc(Cl)s2)CCC1. The average Bonchev–Trinajstić information content (AvgIpc) is 2.58. The second-order valence-corrected chi connectivity index (χ2v) is 4.92. The number of hydrogen-bond donors (Lipinski definition) is 1. The normalized spacial score (nSPS) is 17.6. The van der Waals surface area contributed by atoms with Gasteiger partial charge in [0.1, 0.15) is 5.54 Å². The summed E-state index contributed by atoms with van der Waals surface area (Å²) in [4.78, 5) is 11.6. The molecule has 1 aromatic heterocycles. The number of nitrogens with one attached hydrogen (secondary N) is 1. The zero-order valence-corrected chi connectivity index (χ0v) is 9.23. The van der Waals surface area contributed by atoms with Crippen molar-refractivity contribution < 1.29 is 4.79 Å². The van der Waals surface area contributed by atoms with Crippen LogP contribution in [0.4, 0.5) is 0 Å². The van der Waals surface area contributed by atoms with Crippen LogP contribution in [0.5, 0.6) is 0 Å². The molecule has 1 N–H and O–H groups in total. The monoisotopic (exact) mass is 242 g/mol. The molecule has 1 amide bonds. The van der Waals surface area contributed by atoms with Crippen LogP contribution in [0.3, 0.4) is 0 Å². The molecule has 0 spiro atoms. The second-order valence-electron chi connectivity index (χ2n) is 3.36. The summed E-state index contributed by atoms with van der Waals surface area (Å²) in [5.74, 6) is -0.374. The van der Waals surface area contributed by atoms with Crippen LogP contribution in [-0.4, -0.2) is 21.6 Å². The molecule has 78 valence electrons. The molecule has 1 saturated carbocycles. The quantitative estimate of drug-likeness (QED) is 0.850. The van der Waals surface area contributed by atoms with Crippen LogP contribution in [0, 0.1) is 11.3 Å². The highest BCUT2D eigenvalue weighted by Crippen LogP contribution is 2.31. The molecule has 0 bridgehead atoms.